The van der Waals surface area contributed by atoms with E-state index in [9.17, 15) is 0 Å². The van der Waals surface area contributed by atoms with Gasteiger partial charge in [0.15, 0.2) is 0 Å². The number of benzene rings is 2. The van der Waals surface area contributed by atoms with Gasteiger partial charge in [-0.25, -0.2) is 0 Å². The molecule has 3 rings (SSSR count). The van der Waals surface area contributed by atoms with Crippen molar-refractivity contribution < 1.29 is 4.74 Å². The lowest BCUT2D eigenvalue weighted by atomic mass is 10.1. The summed E-state index contributed by atoms with van der Waals surface area (Å²) < 4.78 is 5.40. The Hall–Kier alpha value is -2.35. The Morgan fingerprint density at radius 2 is 1.75 bits per heavy atom. The van der Waals surface area contributed by atoms with Gasteiger partial charge in [0.1, 0.15) is 0 Å². The largest absolute Gasteiger partial charge is 0.378 e. The molecule has 1 aliphatic rings. The number of nitrogens with one attached hydrogen (secondary N) is 1. The fourth-order valence-corrected chi connectivity index (χ4v) is 2.88. The average Bonchev–Trinajstić information content (AvgIpc) is 2.67. The second-order valence-corrected chi connectivity index (χ2v) is 6.10. The van der Waals surface area contributed by atoms with Crippen LogP contribution in [-0.4, -0.2) is 26.3 Å². The summed E-state index contributed by atoms with van der Waals surface area (Å²) in [7, 11) is 0. The third kappa shape index (κ3) is 4.14. The Balaban J connectivity index is 1.56. The molecule has 4 nitrogen and oxygen atoms in total. The van der Waals surface area contributed by atoms with Crippen LogP contribution in [0.5, 0.6) is 0 Å². The summed E-state index contributed by atoms with van der Waals surface area (Å²) in [5.41, 5.74) is 4.43. The van der Waals surface area contributed by atoms with Crippen LogP contribution in [0.2, 0.25) is 0 Å². The van der Waals surface area contributed by atoms with Gasteiger partial charge >= 0.3 is 0 Å². The van der Waals surface area contributed by atoms with Gasteiger partial charge in [-0.05, 0) is 42.3 Å². The van der Waals surface area contributed by atoms with E-state index in [0.717, 1.165) is 32.8 Å². The Bertz CT molecular complexity index is 682. The van der Waals surface area contributed by atoms with Crippen LogP contribution in [0.4, 0.5) is 5.69 Å². The Kier molecular flexibility index (Phi) is 5.47. The number of rotatable bonds is 5. The molecule has 124 valence electrons. The van der Waals surface area contributed by atoms with Crippen LogP contribution in [0.3, 0.4) is 0 Å². The van der Waals surface area contributed by atoms with Crippen molar-refractivity contribution in [2.24, 2.45) is 0 Å². The highest BCUT2D eigenvalue weighted by atomic mass is 16.5. The van der Waals surface area contributed by atoms with Gasteiger partial charge in [0.25, 0.3) is 0 Å². The number of morpholine rings is 1. The molecule has 1 N–H and O–H groups in total. The highest BCUT2D eigenvalue weighted by Gasteiger charge is 2.12. The van der Waals surface area contributed by atoms with Crippen molar-refractivity contribution in [3.63, 3.8) is 0 Å². The summed E-state index contributed by atoms with van der Waals surface area (Å²) in [5.74, 6) is 0. The molecule has 1 atom stereocenters. The zero-order valence-corrected chi connectivity index (χ0v) is 14.0. The van der Waals surface area contributed by atoms with Crippen molar-refractivity contribution in [3.05, 3.63) is 65.2 Å². The molecule has 0 amide bonds. The van der Waals surface area contributed by atoms with Crippen molar-refractivity contribution in [2.75, 3.05) is 31.2 Å². The number of ether oxygens (including phenoxy) is 1. The van der Waals surface area contributed by atoms with Gasteiger partial charge in [0, 0.05) is 31.4 Å². The first-order valence-corrected chi connectivity index (χ1v) is 8.41. The number of nitriles is 1. The number of hydrogen-bond donors (Lipinski definition) is 1. The molecule has 0 aliphatic carbocycles. The van der Waals surface area contributed by atoms with E-state index < -0.39 is 0 Å². The highest BCUT2D eigenvalue weighted by molar-refractivity contribution is 5.48. The summed E-state index contributed by atoms with van der Waals surface area (Å²) >= 11 is 0. The summed E-state index contributed by atoms with van der Waals surface area (Å²) in [6.07, 6.45) is 0. The number of hydrogen-bond acceptors (Lipinski definition) is 4. The van der Waals surface area contributed by atoms with Crippen molar-refractivity contribution in [2.45, 2.75) is 19.5 Å². The van der Waals surface area contributed by atoms with Gasteiger partial charge in [-0.3, -0.25) is 0 Å². The molecule has 2 aromatic carbocycles. The molecule has 1 fully saturated rings. The third-order valence-electron chi connectivity index (χ3n) is 4.46. The highest BCUT2D eigenvalue weighted by Crippen LogP contribution is 2.20. The first kappa shape index (κ1) is 16.5. The van der Waals surface area contributed by atoms with Gasteiger partial charge < -0.3 is 15.0 Å². The third-order valence-corrected chi connectivity index (χ3v) is 4.46. The van der Waals surface area contributed by atoms with E-state index in [0.29, 0.717) is 5.56 Å². The Labute approximate surface area is 143 Å². The van der Waals surface area contributed by atoms with Crippen molar-refractivity contribution in [3.8, 4) is 6.07 Å². The predicted octanol–water partition coefficient (Wildman–Crippen LogP) is 3.25. The lowest BCUT2D eigenvalue weighted by Gasteiger charge is -2.29. The van der Waals surface area contributed by atoms with E-state index >= 15 is 0 Å². The Morgan fingerprint density at radius 1 is 1.08 bits per heavy atom. The molecule has 0 radical (unpaired) electrons. The van der Waals surface area contributed by atoms with Gasteiger partial charge in [-0.1, -0.05) is 24.3 Å². The molecule has 0 saturated carbocycles. The van der Waals surface area contributed by atoms with Gasteiger partial charge in [-0.15, -0.1) is 0 Å². The molecule has 1 saturated heterocycles. The van der Waals surface area contributed by atoms with Gasteiger partial charge in [-0.2, -0.15) is 5.26 Å². The van der Waals surface area contributed by atoms with E-state index in [1.54, 1.807) is 0 Å². The van der Waals surface area contributed by atoms with Crippen molar-refractivity contribution in [1.29, 1.82) is 5.26 Å². The molecular weight excluding hydrogens is 298 g/mol. The van der Waals surface area contributed by atoms with Crippen molar-refractivity contribution in [1.82, 2.24) is 5.32 Å². The molecule has 24 heavy (non-hydrogen) atoms. The number of anilines is 1. The maximum absolute atomic E-state index is 8.84. The standard InChI is InChI=1S/C20H23N3O/c1-16(22-15-18-4-2-17(14-21)3-5-18)19-6-8-20(9-7-19)23-10-12-24-13-11-23/h2-9,16,22H,10-13,15H2,1H3/t16-/m0/s1. The summed E-state index contributed by atoms with van der Waals surface area (Å²) in [4.78, 5) is 2.36. The van der Waals surface area contributed by atoms with Crippen LogP contribution in [-0.2, 0) is 11.3 Å². The number of nitrogens with zero attached hydrogens (tertiary/aromatic N) is 2. The first-order chi connectivity index (χ1) is 11.8. The van der Waals surface area contributed by atoms with E-state index in [-0.39, 0.29) is 6.04 Å². The van der Waals surface area contributed by atoms with Crippen LogP contribution in [0.25, 0.3) is 0 Å². The smallest absolute Gasteiger partial charge is 0.0991 e. The fourth-order valence-electron chi connectivity index (χ4n) is 2.88. The topological polar surface area (TPSA) is 48.3 Å². The first-order valence-electron chi connectivity index (χ1n) is 8.41. The fraction of sp³-hybridized carbons (Fsp3) is 0.350. The maximum Gasteiger partial charge on any atom is 0.0991 e. The van der Waals surface area contributed by atoms with Gasteiger partial charge in [0.05, 0.1) is 24.8 Å². The van der Waals surface area contributed by atoms with E-state index in [2.05, 4.69) is 47.5 Å². The molecule has 0 unspecified atom stereocenters. The van der Waals surface area contributed by atoms with Crippen LogP contribution in [0.15, 0.2) is 48.5 Å². The normalized spacial score (nSPS) is 15.8. The zero-order chi connectivity index (χ0) is 16.8. The molecule has 1 heterocycles. The SMILES string of the molecule is C[C@H](NCc1ccc(C#N)cc1)c1ccc(N2CCOCC2)cc1. The summed E-state index contributed by atoms with van der Waals surface area (Å²) in [5, 5.41) is 12.4. The Morgan fingerprint density at radius 3 is 2.38 bits per heavy atom. The molecule has 4 heteroatoms. The molecule has 0 aromatic heterocycles. The molecule has 2 aromatic rings. The van der Waals surface area contributed by atoms with Crippen LogP contribution in [0.1, 0.15) is 29.7 Å². The molecule has 0 spiro atoms. The molecular formula is C20H23N3O. The van der Waals surface area contributed by atoms with E-state index in [1.165, 1.54) is 16.8 Å². The van der Waals surface area contributed by atoms with Gasteiger partial charge in [0.2, 0.25) is 0 Å². The minimum absolute atomic E-state index is 0.277. The molecule has 0 bridgehead atoms. The predicted molar refractivity (Wildman–Crippen MR) is 95.9 cm³/mol. The second-order valence-electron chi connectivity index (χ2n) is 6.10. The average molecular weight is 321 g/mol. The summed E-state index contributed by atoms with van der Waals surface area (Å²) in [6, 6.07) is 18.9. The zero-order valence-electron chi connectivity index (χ0n) is 14.0. The molecule has 1 aliphatic heterocycles. The lowest BCUT2D eigenvalue weighted by molar-refractivity contribution is 0.122. The van der Waals surface area contributed by atoms with Crippen LogP contribution >= 0.6 is 0 Å². The monoisotopic (exact) mass is 321 g/mol. The van der Waals surface area contributed by atoms with Crippen molar-refractivity contribution >= 4 is 5.69 Å². The quantitative estimate of drug-likeness (QED) is 0.918. The van der Waals surface area contributed by atoms with Crippen LogP contribution < -0.4 is 10.2 Å². The van der Waals surface area contributed by atoms with E-state index in [4.69, 9.17) is 10.00 Å². The maximum atomic E-state index is 8.84. The second kappa shape index (κ2) is 7.96. The lowest BCUT2D eigenvalue weighted by Crippen LogP contribution is -2.36. The van der Waals surface area contributed by atoms with E-state index in [1.807, 2.05) is 24.3 Å². The van der Waals surface area contributed by atoms with Crippen LogP contribution in [0, 0.1) is 11.3 Å². The minimum Gasteiger partial charge on any atom is -0.378 e. The summed E-state index contributed by atoms with van der Waals surface area (Å²) in [6.45, 7) is 6.51. The minimum atomic E-state index is 0.277.